The summed E-state index contributed by atoms with van der Waals surface area (Å²) in [6, 6.07) is 5.06. The molecule has 3 heterocycles. The monoisotopic (exact) mass is 312 g/mol. The SMILES string of the molecule is CCCn1ccnc1CN1CCC[C@@H]1CCc1ccnc(C)c1. The van der Waals surface area contributed by atoms with Crippen LogP contribution in [0.5, 0.6) is 0 Å². The van der Waals surface area contributed by atoms with Gasteiger partial charge in [-0.25, -0.2) is 4.98 Å². The summed E-state index contributed by atoms with van der Waals surface area (Å²) in [4.78, 5) is 11.5. The zero-order valence-electron chi connectivity index (χ0n) is 14.4. The lowest BCUT2D eigenvalue weighted by Crippen LogP contribution is -2.30. The number of hydrogen-bond donors (Lipinski definition) is 0. The minimum atomic E-state index is 0.690. The minimum Gasteiger partial charge on any atom is -0.334 e. The molecule has 0 amide bonds. The summed E-state index contributed by atoms with van der Waals surface area (Å²) < 4.78 is 2.31. The van der Waals surface area contributed by atoms with Crippen molar-refractivity contribution in [1.29, 1.82) is 0 Å². The molecule has 0 radical (unpaired) electrons. The molecule has 23 heavy (non-hydrogen) atoms. The maximum atomic E-state index is 4.58. The van der Waals surface area contributed by atoms with Gasteiger partial charge < -0.3 is 4.57 Å². The smallest absolute Gasteiger partial charge is 0.122 e. The second-order valence-electron chi connectivity index (χ2n) is 6.65. The van der Waals surface area contributed by atoms with E-state index in [1.807, 2.05) is 12.4 Å². The standard InChI is InChI=1S/C19H28N4/c1-3-11-22-13-10-21-19(22)15-23-12-4-5-18(23)7-6-17-8-9-20-16(2)14-17/h8-10,13-14,18H,3-7,11-12,15H2,1-2H3/t18-/m1/s1. The van der Waals surface area contributed by atoms with Crippen molar-refractivity contribution in [3.63, 3.8) is 0 Å². The summed E-state index contributed by atoms with van der Waals surface area (Å²) in [5.74, 6) is 1.22. The van der Waals surface area contributed by atoms with E-state index in [9.17, 15) is 0 Å². The van der Waals surface area contributed by atoms with Gasteiger partial charge >= 0.3 is 0 Å². The summed E-state index contributed by atoms with van der Waals surface area (Å²) in [7, 11) is 0. The molecule has 0 bridgehead atoms. The molecule has 2 aromatic rings. The lowest BCUT2D eigenvalue weighted by molar-refractivity contribution is 0.226. The van der Waals surface area contributed by atoms with Gasteiger partial charge in [-0.15, -0.1) is 0 Å². The molecule has 0 saturated carbocycles. The predicted octanol–water partition coefficient (Wildman–Crippen LogP) is 3.59. The number of imidazole rings is 1. The number of aromatic nitrogens is 3. The molecule has 124 valence electrons. The lowest BCUT2D eigenvalue weighted by Gasteiger charge is -2.24. The van der Waals surface area contributed by atoms with Crippen LogP contribution in [0.1, 0.15) is 49.7 Å². The highest BCUT2D eigenvalue weighted by Gasteiger charge is 2.25. The highest BCUT2D eigenvalue weighted by molar-refractivity contribution is 5.15. The lowest BCUT2D eigenvalue weighted by atomic mass is 10.0. The van der Waals surface area contributed by atoms with Crippen LogP contribution in [0.15, 0.2) is 30.7 Å². The van der Waals surface area contributed by atoms with Crippen molar-refractivity contribution < 1.29 is 0 Å². The molecule has 0 aromatic carbocycles. The van der Waals surface area contributed by atoms with Gasteiger partial charge in [-0.05, 0) is 63.3 Å². The number of nitrogens with zero attached hydrogens (tertiary/aromatic N) is 4. The van der Waals surface area contributed by atoms with E-state index in [0.29, 0.717) is 6.04 Å². The Morgan fingerprint density at radius 1 is 1.26 bits per heavy atom. The van der Waals surface area contributed by atoms with Gasteiger partial charge in [-0.1, -0.05) is 6.92 Å². The molecule has 4 heteroatoms. The van der Waals surface area contributed by atoms with E-state index < -0.39 is 0 Å². The first-order valence-electron chi connectivity index (χ1n) is 8.92. The van der Waals surface area contributed by atoms with Gasteiger partial charge in [-0.3, -0.25) is 9.88 Å². The van der Waals surface area contributed by atoms with Crippen LogP contribution in [0.25, 0.3) is 0 Å². The van der Waals surface area contributed by atoms with Gasteiger partial charge in [0.15, 0.2) is 0 Å². The van der Waals surface area contributed by atoms with Gasteiger partial charge in [0, 0.05) is 36.9 Å². The largest absolute Gasteiger partial charge is 0.334 e. The van der Waals surface area contributed by atoms with Crippen LogP contribution in [0, 0.1) is 6.92 Å². The fraction of sp³-hybridized carbons (Fsp3) is 0.579. The first-order chi connectivity index (χ1) is 11.3. The zero-order chi connectivity index (χ0) is 16.1. The molecule has 0 aliphatic carbocycles. The van der Waals surface area contributed by atoms with Crippen LogP contribution in [-0.2, 0) is 19.5 Å². The van der Waals surface area contributed by atoms with Crippen molar-refractivity contribution in [3.8, 4) is 0 Å². The first kappa shape index (κ1) is 16.2. The highest BCUT2D eigenvalue weighted by Crippen LogP contribution is 2.23. The van der Waals surface area contributed by atoms with Crippen LogP contribution in [0.3, 0.4) is 0 Å². The summed E-state index contributed by atoms with van der Waals surface area (Å²) in [6.07, 6.45) is 12.2. The van der Waals surface area contributed by atoms with Crippen molar-refractivity contribution in [2.75, 3.05) is 6.54 Å². The van der Waals surface area contributed by atoms with E-state index in [0.717, 1.165) is 31.6 Å². The third-order valence-corrected chi connectivity index (χ3v) is 4.84. The van der Waals surface area contributed by atoms with Gasteiger partial charge in [0.1, 0.15) is 5.82 Å². The normalized spacial score (nSPS) is 18.6. The van der Waals surface area contributed by atoms with E-state index >= 15 is 0 Å². The maximum Gasteiger partial charge on any atom is 0.122 e. The highest BCUT2D eigenvalue weighted by atomic mass is 15.2. The number of pyridine rings is 1. The van der Waals surface area contributed by atoms with Crippen LogP contribution < -0.4 is 0 Å². The van der Waals surface area contributed by atoms with Crippen molar-refractivity contribution in [1.82, 2.24) is 19.4 Å². The van der Waals surface area contributed by atoms with E-state index in [4.69, 9.17) is 0 Å². The Hall–Kier alpha value is -1.68. The van der Waals surface area contributed by atoms with Crippen LogP contribution in [-0.4, -0.2) is 32.0 Å². The Labute approximate surface area is 139 Å². The van der Waals surface area contributed by atoms with Crippen molar-refractivity contribution in [2.24, 2.45) is 0 Å². The Morgan fingerprint density at radius 2 is 2.17 bits per heavy atom. The van der Waals surface area contributed by atoms with Gasteiger partial charge in [0.2, 0.25) is 0 Å². The molecule has 1 fully saturated rings. The fourth-order valence-corrected chi connectivity index (χ4v) is 3.64. The maximum absolute atomic E-state index is 4.58. The van der Waals surface area contributed by atoms with Crippen molar-refractivity contribution in [3.05, 3.63) is 47.8 Å². The molecular weight excluding hydrogens is 284 g/mol. The average Bonchev–Trinajstić information content (AvgIpc) is 3.16. The molecule has 4 nitrogen and oxygen atoms in total. The second kappa shape index (κ2) is 7.73. The molecular formula is C19H28N4. The van der Waals surface area contributed by atoms with Gasteiger partial charge in [0.05, 0.1) is 6.54 Å². The number of rotatable bonds is 7. The summed E-state index contributed by atoms with van der Waals surface area (Å²) in [5.41, 5.74) is 2.53. The average molecular weight is 312 g/mol. The molecule has 3 rings (SSSR count). The van der Waals surface area contributed by atoms with Gasteiger partial charge in [-0.2, -0.15) is 0 Å². The Balaban J connectivity index is 1.58. The molecule has 1 atom stereocenters. The van der Waals surface area contributed by atoms with Crippen molar-refractivity contribution >= 4 is 0 Å². The van der Waals surface area contributed by atoms with E-state index in [2.05, 4.69) is 51.6 Å². The molecule has 0 unspecified atom stereocenters. The first-order valence-corrected chi connectivity index (χ1v) is 8.92. The van der Waals surface area contributed by atoms with Gasteiger partial charge in [0.25, 0.3) is 0 Å². The summed E-state index contributed by atoms with van der Waals surface area (Å²) >= 11 is 0. The van der Waals surface area contributed by atoms with E-state index in [1.54, 1.807) is 0 Å². The van der Waals surface area contributed by atoms with Crippen molar-refractivity contribution in [2.45, 2.75) is 65.1 Å². The Kier molecular flexibility index (Phi) is 5.44. The molecule has 1 aliphatic rings. The summed E-state index contributed by atoms with van der Waals surface area (Å²) in [6.45, 7) is 7.56. The third kappa shape index (κ3) is 4.20. The zero-order valence-corrected chi connectivity index (χ0v) is 14.4. The molecule has 0 spiro atoms. The Morgan fingerprint density at radius 3 is 3.00 bits per heavy atom. The quantitative estimate of drug-likeness (QED) is 0.783. The molecule has 0 N–H and O–H groups in total. The molecule has 1 aliphatic heterocycles. The summed E-state index contributed by atoms with van der Waals surface area (Å²) in [5, 5.41) is 0. The third-order valence-electron chi connectivity index (χ3n) is 4.84. The molecule has 2 aromatic heterocycles. The van der Waals surface area contributed by atoms with Crippen LogP contribution in [0.4, 0.5) is 0 Å². The minimum absolute atomic E-state index is 0.690. The van der Waals surface area contributed by atoms with Crippen LogP contribution in [0.2, 0.25) is 0 Å². The predicted molar refractivity (Wildman–Crippen MR) is 93.2 cm³/mol. The van der Waals surface area contributed by atoms with E-state index in [-0.39, 0.29) is 0 Å². The topological polar surface area (TPSA) is 34.0 Å². The molecule has 1 saturated heterocycles. The number of aryl methyl sites for hydroxylation is 3. The second-order valence-corrected chi connectivity index (χ2v) is 6.65. The van der Waals surface area contributed by atoms with E-state index in [1.165, 1.54) is 37.2 Å². The number of likely N-dealkylation sites (tertiary alicyclic amines) is 1. The Bertz CT molecular complexity index is 619. The fourth-order valence-electron chi connectivity index (χ4n) is 3.64. The van der Waals surface area contributed by atoms with Crippen LogP contribution >= 0.6 is 0 Å². The number of hydrogen-bond acceptors (Lipinski definition) is 3.